The number of urea groups is 1. The Bertz CT molecular complexity index is 464. The van der Waals surface area contributed by atoms with Gasteiger partial charge in [0.05, 0.1) is 12.2 Å². The van der Waals surface area contributed by atoms with Gasteiger partial charge in [-0.1, -0.05) is 12.1 Å². The molecule has 1 fully saturated rings. The highest BCUT2D eigenvalue weighted by molar-refractivity contribution is 5.89. The summed E-state index contributed by atoms with van der Waals surface area (Å²) < 4.78 is 5.27. The number of piperidine rings is 1. The summed E-state index contributed by atoms with van der Waals surface area (Å²) in [6, 6.07) is 7.46. The second-order valence-corrected chi connectivity index (χ2v) is 5.18. The van der Waals surface area contributed by atoms with Gasteiger partial charge < -0.3 is 20.1 Å². The molecule has 2 amide bonds. The number of ether oxygens (including phenoxy) is 1. The number of amides is 2. The van der Waals surface area contributed by atoms with E-state index in [-0.39, 0.29) is 12.1 Å². The Balaban J connectivity index is 2.00. The van der Waals surface area contributed by atoms with Crippen LogP contribution in [0.4, 0.5) is 10.5 Å². The second kappa shape index (κ2) is 6.72. The maximum atomic E-state index is 12.1. The van der Waals surface area contributed by atoms with Gasteiger partial charge in [0, 0.05) is 25.9 Å². The van der Waals surface area contributed by atoms with Gasteiger partial charge in [-0.2, -0.15) is 0 Å². The van der Waals surface area contributed by atoms with E-state index in [1.54, 1.807) is 12.0 Å². The van der Waals surface area contributed by atoms with Gasteiger partial charge in [-0.05, 0) is 37.5 Å². The minimum absolute atomic E-state index is 0.0105. The summed E-state index contributed by atoms with van der Waals surface area (Å²) in [5, 5.41) is 12.5. The number of benzene rings is 1. The Morgan fingerprint density at radius 2 is 2.35 bits per heavy atom. The highest BCUT2D eigenvalue weighted by atomic mass is 16.5. The van der Waals surface area contributed by atoms with Gasteiger partial charge in [-0.3, -0.25) is 0 Å². The molecule has 0 aromatic heterocycles. The number of aliphatic hydroxyl groups excluding tert-OH is 1. The average molecular weight is 278 g/mol. The molecule has 2 atom stereocenters. The minimum Gasteiger partial charge on any atom is -0.391 e. The van der Waals surface area contributed by atoms with Gasteiger partial charge in [0.15, 0.2) is 0 Å². The molecule has 1 aromatic carbocycles. The number of methoxy groups -OCH3 is 1. The molecule has 2 rings (SSSR count). The molecular formula is C15H22N2O3. The van der Waals surface area contributed by atoms with Crippen LogP contribution in [0.15, 0.2) is 24.3 Å². The third kappa shape index (κ3) is 3.71. The Morgan fingerprint density at radius 3 is 3.05 bits per heavy atom. The van der Waals surface area contributed by atoms with Crippen LogP contribution in [0.5, 0.6) is 0 Å². The lowest BCUT2D eigenvalue weighted by Crippen LogP contribution is -2.44. The molecule has 5 heteroatoms. The lowest BCUT2D eigenvalue weighted by atomic mass is 10.1. The van der Waals surface area contributed by atoms with Crippen LogP contribution in [0.2, 0.25) is 0 Å². The molecule has 1 aliphatic rings. The molecule has 2 N–H and O–H groups in total. The quantitative estimate of drug-likeness (QED) is 0.892. The molecule has 0 radical (unpaired) electrons. The number of carbonyl (C=O) groups excluding carboxylic acids is 1. The number of β-amino-alcohol motifs (C(OH)–C–C–N with tert-alkyl or cyclic N) is 1. The molecular weight excluding hydrogens is 256 g/mol. The van der Waals surface area contributed by atoms with Gasteiger partial charge in [0.25, 0.3) is 0 Å². The van der Waals surface area contributed by atoms with E-state index in [0.717, 1.165) is 24.1 Å². The Hall–Kier alpha value is -1.59. The van der Waals surface area contributed by atoms with E-state index < -0.39 is 6.10 Å². The summed E-state index contributed by atoms with van der Waals surface area (Å²) in [4.78, 5) is 13.8. The molecule has 1 heterocycles. The number of nitrogens with one attached hydrogen (secondary N) is 1. The summed E-state index contributed by atoms with van der Waals surface area (Å²) in [5.41, 5.74) is 1.76. The number of carbonyl (C=O) groups is 1. The highest BCUT2D eigenvalue weighted by Crippen LogP contribution is 2.20. The van der Waals surface area contributed by atoms with Gasteiger partial charge >= 0.3 is 6.03 Å². The molecule has 0 spiro atoms. The van der Waals surface area contributed by atoms with Crippen LogP contribution in [0.25, 0.3) is 0 Å². The van der Waals surface area contributed by atoms with Gasteiger partial charge in [0.1, 0.15) is 0 Å². The molecule has 20 heavy (non-hydrogen) atoms. The van der Waals surface area contributed by atoms with Crippen molar-refractivity contribution in [3.05, 3.63) is 29.8 Å². The summed E-state index contributed by atoms with van der Waals surface area (Å²) in [7, 11) is 1.66. The lowest BCUT2D eigenvalue weighted by molar-refractivity contribution is 0.0883. The number of hydrogen-bond acceptors (Lipinski definition) is 3. The fraction of sp³-hybridized carbons (Fsp3) is 0.533. The van der Waals surface area contributed by atoms with Crippen LogP contribution < -0.4 is 5.32 Å². The van der Waals surface area contributed by atoms with Crippen molar-refractivity contribution in [1.82, 2.24) is 4.90 Å². The van der Waals surface area contributed by atoms with Crippen LogP contribution in [0.1, 0.15) is 31.4 Å². The van der Waals surface area contributed by atoms with Crippen LogP contribution >= 0.6 is 0 Å². The maximum absolute atomic E-state index is 12.1. The van der Waals surface area contributed by atoms with Gasteiger partial charge in [-0.25, -0.2) is 4.79 Å². The van der Waals surface area contributed by atoms with Crippen molar-refractivity contribution < 1.29 is 14.6 Å². The third-order valence-corrected chi connectivity index (χ3v) is 3.64. The van der Waals surface area contributed by atoms with E-state index in [1.807, 2.05) is 31.2 Å². The molecule has 0 bridgehead atoms. The van der Waals surface area contributed by atoms with Gasteiger partial charge in [-0.15, -0.1) is 0 Å². The molecule has 1 saturated heterocycles. The van der Waals surface area contributed by atoms with E-state index in [1.165, 1.54) is 0 Å². The summed E-state index contributed by atoms with van der Waals surface area (Å²) in [6.07, 6.45) is 1.19. The number of nitrogens with zero attached hydrogens (tertiary/aromatic N) is 1. The maximum Gasteiger partial charge on any atom is 0.321 e. The molecule has 110 valence electrons. The number of hydrogen-bond donors (Lipinski definition) is 2. The van der Waals surface area contributed by atoms with Crippen molar-refractivity contribution in [3.8, 4) is 0 Å². The molecule has 0 saturated carbocycles. The monoisotopic (exact) mass is 278 g/mol. The number of aliphatic hydroxyl groups is 1. The van der Waals surface area contributed by atoms with Crippen molar-refractivity contribution in [2.45, 2.75) is 32.0 Å². The fourth-order valence-electron chi connectivity index (χ4n) is 2.35. The smallest absolute Gasteiger partial charge is 0.321 e. The first-order valence-corrected chi connectivity index (χ1v) is 6.97. The van der Waals surface area contributed by atoms with E-state index in [4.69, 9.17) is 4.74 Å². The number of likely N-dealkylation sites (tertiary alicyclic amines) is 1. The minimum atomic E-state index is -0.408. The Labute approximate surface area is 119 Å². The van der Waals surface area contributed by atoms with Crippen LogP contribution in [0.3, 0.4) is 0 Å². The van der Waals surface area contributed by atoms with Crippen LogP contribution in [-0.2, 0) is 4.74 Å². The Kier molecular flexibility index (Phi) is 4.98. The molecule has 2 unspecified atom stereocenters. The van der Waals surface area contributed by atoms with E-state index in [9.17, 15) is 9.90 Å². The van der Waals surface area contributed by atoms with E-state index in [0.29, 0.717) is 13.1 Å². The third-order valence-electron chi connectivity index (χ3n) is 3.64. The predicted molar refractivity (Wildman–Crippen MR) is 77.7 cm³/mol. The van der Waals surface area contributed by atoms with Crippen molar-refractivity contribution in [2.24, 2.45) is 0 Å². The van der Waals surface area contributed by atoms with Crippen molar-refractivity contribution in [2.75, 3.05) is 25.5 Å². The fourth-order valence-corrected chi connectivity index (χ4v) is 2.35. The number of rotatable bonds is 3. The summed E-state index contributed by atoms with van der Waals surface area (Å²) >= 11 is 0. The van der Waals surface area contributed by atoms with Crippen molar-refractivity contribution >= 4 is 11.7 Å². The molecule has 0 aliphatic carbocycles. The van der Waals surface area contributed by atoms with E-state index in [2.05, 4.69) is 5.32 Å². The summed E-state index contributed by atoms with van der Waals surface area (Å²) in [6.45, 7) is 3.05. The van der Waals surface area contributed by atoms with Crippen LogP contribution in [0, 0.1) is 0 Å². The van der Waals surface area contributed by atoms with Crippen molar-refractivity contribution in [3.63, 3.8) is 0 Å². The van der Waals surface area contributed by atoms with Crippen molar-refractivity contribution in [1.29, 1.82) is 0 Å². The first-order valence-electron chi connectivity index (χ1n) is 6.97. The standard InChI is InChI=1S/C15H22N2O3/c1-11(20-2)12-5-3-6-13(9-12)16-15(19)17-8-4-7-14(18)10-17/h3,5-6,9,11,14,18H,4,7-8,10H2,1-2H3,(H,16,19). The normalized spacial score (nSPS) is 20.6. The van der Waals surface area contributed by atoms with E-state index >= 15 is 0 Å². The molecule has 1 aromatic rings. The second-order valence-electron chi connectivity index (χ2n) is 5.18. The van der Waals surface area contributed by atoms with Gasteiger partial charge in [0.2, 0.25) is 0 Å². The average Bonchev–Trinajstić information content (AvgIpc) is 2.46. The largest absolute Gasteiger partial charge is 0.391 e. The van der Waals surface area contributed by atoms with Crippen LogP contribution in [-0.4, -0.2) is 42.3 Å². The lowest BCUT2D eigenvalue weighted by Gasteiger charge is -2.30. The Morgan fingerprint density at radius 1 is 1.55 bits per heavy atom. The zero-order valence-corrected chi connectivity index (χ0v) is 12.0. The zero-order valence-electron chi connectivity index (χ0n) is 12.0. The predicted octanol–water partition coefficient (Wildman–Crippen LogP) is 2.38. The topological polar surface area (TPSA) is 61.8 Å². The summed E-state index contributed by atoms with van der Waals surface area (Å²) in [5.74, 6) is 0. The highest BCUT2D eigenvalue weighted by Gasteiger charge is 2.22. The molecule has 1 aliphatic heterocycles. The zero-order chi connectivity index (χ0) is 14.5. The molecule has 5 nitrogen and oxygen atoms in total. The SMILES string of the molecule is COC(C)c1cccc(NC(=O)N2CCCC(O)C2)c1. The first kappa shape index (κ1) is 14.8. The number of anilines is 1. The first-order chi connectivity index (χ1) is 9.60.